The fourth-order valence-corrected chi connectivity index (χ4v) is 4.15. The zero-order valence-corrected chi connectivity index (χ0v) is 16.0. The van der Waals surface area contributed by atoms with Crippen molar-refractivity contribution in [3.63, 3.8) is 0 Å². The summed E-state index contributed by atoms with van der Waals surface area (Å²) in [5, 5.41) is 17.6. The van der Waals surface area contributed by atoms with Crippen LogP contribution in [-0.4, -0.2) is 41.3 Å². The number of amides is 1. The number of benzene rings is 1. The number of rotatable bonds is 9. The third kappa shape index (κ3) is 5.88. The van der Waals surface area contributed by atoms with Gasteiger partial charge in [0.05, 0.1) is 16.4 Å². The van der Waals surface area contributed by atoms with Gasteiger partial charge < -0.3 is 5.32 Å². The van der Waals surface area contributed by atoms with Crippen LogP contribution in [0.25, 0.3) is 0 Å². The Kier molecular flexibility index (Phi) is 6.67. The number of hydrogen-bond donors (Lipinski definition) is 1. The van der Waals surface area contributed by atoms with Crippen molar-refractivity contribution >= 4 is 21.4 Å². The average Bonchev–Trinajstić information content (AvgIpc) is 2.86. The first-order valence-corrected chi connectivity index (χ1v) is 10.2. The molecule has 0 aliphatic heterocycles. The van der Waals surface area contributed by atoms with Crippen LogP contribution in [0.15, 0.2) is 30.3 Å². The summed E-state index contributed by atoms with van der Waals surface area (Å²) in [6, 6.07) is 8.91. The van der Waals surface area contributed by atoms with Gasteiger partial charge in [-0.3, -0.25) is 19.6 Å². The Balaban J connectivity index is 1.80. The van der Waals surface area contributed by atoms with E-state index < -0.39 is 14.8 Å². The minimum atomic E-state index is -3.25. The molecule has 10 heteroatoms. The molecule has 1 aromatic carbocycles. The monoisotopic (exact) mass is 394 g/mol. The Bertz CT molecular complexity index is 922. The lowest BCUT2D eigenvalue weighted by molar-refractivity contribution is -0.386. The second kappa shape index (κ2) is 8.76. The topological polar surface area (TPSA) is 124 Å². The lowest BCUT2D eigenvalue weighted by Gasteiger charge is -2.07. The molecule has 27 heavy (non-hydrogen) atoms. The van der Waals surface area contributed by atoms with Gasteiger partial charge in [-0.05, 0) is 25.8 Å². The lowest BCUT2D eigenvalue weighted by atomic mass is 10.2. The van der Waals surface area contributed by atoms with Crippen molar-refractivity contribution in [1.29, 1.82) is 0 Å². The van der Waals surface area contributed by atoms with Crippen LogP contribution in [0.5, 0.6) is 0 Å². The summed E-state index contributed by atoms with van der Waals surface area (Å²) in [5.41, 5.74) is 1.18. The summed E-state index contributed by atoms with van der Waals surface area (Å²) in [6.07, 6.45) is 0.290. The van der Waals surface area contributed by atoms with Crippen molar-refractivity contribution in [2.75, 3.05) is 12.3 Å². The van der Waals surface area contributed by atoms with Gasteiger partial charge in [0.1, 0.15) is 17.9 Å². The fraction of sp³-hybridized carbons (Fsp3) is 0.412. The maximum Gasteiger partial charge on any atom is 0.312 e. The van der Waals surface area contributed by atoms with Crippen LogP contribution in [0.1, 0.15) is 23.4 Å². The molecule has 0 unspecified atom stereocenters. The molecule has 1 amide bonds. The molecule has 0 spiro atoms. The highest BCUT2D eigenvalue weighted by molar-refractivity contribution is 7.90. The summed E-state index contributed by atoms with van der Waals surface area (Å²) in [4.78, 5) is 22.4. The number of nitro groups is 1. The molecule has 0 radical (unpaired) electrons. The van der Waals surface area contributed by atoms with Crippen LogP contribution < -0.4 is 5.32 Å². The molecule has 1 heterocycles. The van der Waals surface area contributed by atoms with Gasteiger partial charge in [0, 0.05) is 6.54 Å². The summed E-state index contributed by atoms with van der Waals surface area (Å²) in [5.74, 6) is -0.443. The molecule has 0 fully saturated rings. The predicted octanol–water partition coefficient (Wildman–Crippen LogP) is 1.53. The van der Waals surface area contributed by atoms with Crippen LogP contribution in [0.4, 0.5) is 5.69 Å². The molecule has 1 aromatic heterocycles. The Labute approximate surface area is 157 Å². The van der Waals surface area contributed by atoms with E-state index in [1.807, 2.05) is 6.07 Å². The number of carbonyl (C=O) groups is 1. The number of carbonyl (C=O) groups excluding carboxylic acids is 1. The Morgan fingerprint density at radius 2 is 1.93 bits per heavy atom. The van der Waals surface area contributed by atoms with Crippen LogP contribution in [-0.2, 0) is 26.9 Å². The quantitative estimate of drug-likeness (QED) is 0.391. The van der Waals surface area contributed by atoms with Crippen molar-refractivity contribution in [3.05, 3.63) is 57.4 Å². The first-order chi connectivity index (χ1) is 12.7. The first kappa shape index (κ1) is 20.6. The number of nitrogens with one attached hydrogen (secondary N) is 1. The van der Waals surface area contributed by atoms with Gasteiger partial charge in [0.15, 0.2) is 9.84 Å². The van der Waals surface area contributed by atoms with Crippen molar-refractivity contribution in [1.82, 2.24) is 15.1 Å². The highest BCUT2D eigenvalue weighted by atomic mass is 32.2. The summed E-state index contributed by atoms with van der Waals surface area (Å²) in [6.45, 7) is 3.09. The molecule has 0 saturated carbocycles. The minimum Gasteiger partial charge on any atom is -0.354 e. The third-order valence-corrected chi connectivity index (χ3v) is 5.69. The summed E-state index contributed by atoms with van der Waals surface area (Å²) >= 11 is 0. The second-order valence-corrected chi connectivity index (χ2v) is 8.40. The van der Waals surface area contributed by atoms with Gasteiger partial charge in [-0.15, -0.1) is 0 Å². The average molecular weight is 394 g/mol. The van der Waals surface area contributed by atoms with Crippen LogP contribution in [0.3, 0.4) is 0 Å². The molecule has 0 atom stereocenters. The van der Waals surface area contributed by atoms with Crippen molar-refractivity contribution < 1.29 is 18.1 Å². The zero-order valence-electron chi connectivity index (χ0n) is 15.2. The number of hydrogen-bond acceptors (Lipinski definition) is 6. The molecule has 2 rings (SSSR count). The standard InChI is InChI=1S/C17H22N4O5S/c1-13-17(21(23)24)14(2)20(19-13)11-16(22)18-9-6-10-27(25,26)12-15-7-4-3-5-8-15/h3-5,7-8H,6,9-12H2,1-2H3,(H,18,22). The molecule has 0 bridgehead atoms. The Morgan fingerprint density at radius 3 is 2.52 bits per heavy atom. The van der Waals surface area contributed by atoms with Gasteiger partial charge in [-0.25, -0.2) is 8.42 Å². The molecule has 0 aliphatic carbocycles. The van der Waals surface area contributed by atoms with E-state index >= 15 is 0 Å². The molecule has 2 aromatic rings. The fourth-order valence-electron chi connectivity index (χ4n) is 2.72. The largest absolute Gasteiger partial charge is 0.354 e. The third-order valence-electron chi connectivity index (χ3n) is 4.00. The first-order valence-electron chi connectivity index (χ1n) is 8.39. The predicted molar refractivity (Wildman–Crippen MR) is 99.9 cm³/mol. The summed E-state index contributed by atoms with van der Waals surface area (Å²) in [7, 11) is -3.25. The zero-order chi connectivity index (χ0) is 20.0. The number of aryl methyl sites for hydroxylation is 1. The molecule has 0 aliphatic rings. The molecule has 146 valence electrons. The molecule has 1 N–H and O–H groups in total. The van der Waals surface area contributed by atoms with E-state index in [2.05, 4.69) is 10.4 Å². The van der Waals surface area contributed by atoms with E-state index in [9.17, 15) is 23.3 Å². The van der Waals surface area contributed by atoms with Crippen molar-refractivity contribution in [3.8, 4) is 0 Å². The van der Waals surface area contributed by atoms with Gasteiger partial charge in [-0.2, -0.15) is 5.10 Å². The van der Waals surface area contributed by atoms with Crippen LogP contribution in [0, 0.1) is 24.0 Å². The van der Waals surface area contributed by atoms with Gasteiger partial charge in [0.25, 0.3) is 0 Å². The van der Waals surface area contributed by atoms with E-state index in [4.69, 9.17) is 0 Å². The van der Waals surface area contributed by atoms with Gasteiger partial charge in [-0.1, -0.05) is 30.3 Å². The van der Waals surface area contributed by atoms with Gasteiger partial charge >= 0.3 is 5.69 Å². The highest BCUT2D eigenvalue weighted by Crippen LogP contribution is 2.21. The van der Waals surface area contributed by atoms with E-state index in [0.717, 1.165) is 5.56 Å². The molecule has 0 saturated heterocycles. The molecule has 9 nitrogen and oxygen atoms in total. The van der Waals surface area contributed by atoms with E-state index in [1.54, 1.807) is 24.3 Å². The number of sulfone groups is 1. The molecular formula is C17H22N4O5S. The normalized spacial score (nSPS) is 11.3. The maximum atomic E-state index is 12.1. The number of aromatic nitrogens is 2. The van der Waals surface area contributed by atoms with E-state index in [1.165, 1.54) is 18.5 Å². The Morgan fingerprint density at radius 1 is 1.26 bits per heavy atom. The van der Waals surface area contributed by atoms with Gasteiger partial charge in [0.2, 0.25) is 5.91 Å². The van der Waals surface area contributed by atoms with Crippen molar-refractivity contribution in [2.24, 2.45) is 0 Å². The second-order valence-electron chi connectivity index (χ2n) is 6.22. The minimum absolute atomic E-state index is 0.0305. The van der Waals surface area contributed by atoms with Crippen molar-refractivity contribution in [2.45, 2.75) is 32.6 Å². The highest BCUT2D eigenvalue weighted by Gasteiger charge is 2.22. The lowest BCUT2D eigenvalue weighted by Crippen LogP contribution is -2.30. The van der Waals surface area contributed by atoms with E-state index in [0.29, 0.717) is 5.69 Å². The van der Waals surface area contributed by atoms with E-state index in [-0.39, 0.29) is 48.3 Å². The molecular weight excluding hydrogens is 372 g/mol. The smallest absolute Gasteiger partial charge is 0.312 e. The number of nitrogens with zero attached hydrogens (tertiary/aromatic N) is 3. The maximum absolute atomic E-state index is 12.1. The Hall–Kier alpha value is -2.75. The van der Waals surface area contributed by atoms with Crippen LogP contribution in [0.2, 0.25) is 0 Å². The van der Waals surface area contributed by atoms with Crippen LogP contribution >= 0.6 is 0 Å². The summed E-state index contributed by atoms with van der Waals surface area (Å²) < 4.78 is 25.5. The SMILES string of the molecule is Cc1nn(CC(=O)NCCCS(=O)(=O)Cc2ccccc2)c(C)c1[N+](=O)[O-].